The molecule has 0 N–H and O–H groups in total. The summed E-state index contributed by atoms with van der Waals surface area (Å²) in [5.41, 5.74) is 0.782. The van der Waals surface area contributed by atoms with Gasteiger partial charge in [0.15, 0.2) is 0 Å². The molecule has 0 aliphatic rings. The van der Waals surface area contributed by atoms with Crippen LogP contribution in [0.4, 0.5) is 5.69 Å². The lowest BCUT2D eigenvalue weighted by atomic mass is 9.95. The molecule has 0 fully saturated rings. The molecule has 0 radical (unpaired) electrons. The predicted molar refractivity (Wildman–Crippen MR) is 118 cm³/mol. The minimum atomic E-state index is -0.437. The van der Waals surface area contributed by atoms with Gasteiger partial charge in [-0.1, -0.05) is 90.2 Å². The van der Waals surface area contributed by atoms with Crippen LogP contribution in [0.25, 0.3) is 0 Å². The molecule has 5 heteroatoms. The van der Waals surface area contributed by atoms with Crippen LogP contribution in [-0.2, 0) is 16.0 Å². The van der Waals surface area contributed by atoms with Crippen molar-refractivity contribution < 1.29 is 14.5 Å². The van der Waals surface area contributed by atoms with E-state index in [1.807, 2.05) is 0 Å². The van der Waals surface area contributed by atoms with Crippen LogP contribution < -0.4 is 0 Å². The van der Waals surface area contributed by atoms with Gasteiger partial charge in [-0.25, -0.2) is 0 Å². The van der Waals surface area contributed by atoms with E-state index in [0.29, 0.717) is 12.5 Å². The van der Waals surface area contributed by atoms with Crippen molar-refractivity contribution in [2.75, 3.05) is 6.61 Å². The molecular formula is C24H39NO4. The van der Waals surface area contributed by atoms with Crippen molar-refractivity contribution in [2.45, 2.75) is 97.3 Å². The van der Waals surface area contributed by atoms with Gasteiger partial charge in [0.2, 0.25) is 0 Å². The van der Waals surface area contributed by atoms with E-state index in [2.05, 4.69) is 13.8 Å². The number of nitrogens with zero attached hydrogens (tertiary/aromatic N) is 1. The van der Waals surface area contributed by atoms with Crippen molar-refractivity contribution in [3.05, 3.63) is 39.9 Å². The van der Waals surface area contributed by atoms with E-state index in [0.717, 1.165) is 18.4 Å². The van der Waals surface area contributed by atoms with Crippen molar-refractivity contribution in [3.63, 3.8) is 0 Å². The molecule has 0 amide bonds. The zero-order chi connectivity index (χ0) is 21.3. The molecule has 1 unspecified atom stereocenters. The summed E-state index contributed by atoms with van der Waals surface area (Å²) in [4.78, 5) is 22.5. The molecule has 0 aliphatic carbocycles. The standard InChI is InChI=1S/C24H39NO4/c1-3-5-7-9-10-12-14-22(13-11-8-6-4-2)20-29-24(26)19-21-15-17-23(18-16-21)25(27)28/h15-18,22H,3-14,19-20H2,1-2H3. The van der Waals surface area contributed by atoms with E-state index in [4.69, 9.17) is 4.74 Å². The van der Waals surface area contributed by atoms with Crippen LogP contribution >= 0.6 is 0 Å². The summed E-state index contributed by atoms with van der Waals surface area (Å²) in [6.07, 6.45) is 15.1. The topological polar surface area (TPSA) is 69.4 Å². The molecule has 1 aromatic rings. The predicted octanol–water partition coefficient (Wildman–Crippen LogP) is 7.02. The Hall–Kier alpha value is -1.91. The third kappa shape index (κ3) is 12.3. The van der Waals surface area contributed by atoms with Crippen molar-refractivity contribution in [2.24, 2.45) is 5.92 Å². The Balaban J connectivity index is 2.38. The van der Waals surface area contributed by atoms with E-state index < -0.39 is 4.92 Å². The van der Waals surface area contributed by atoms with Crippen LogP contribution in [0.3, 0.4) is 0 Å². The summed E-state index contributed by atoms with van der Waals surface area (Å²) in [6.45, 7) is 4.94. The summed E-state index contributed by atoms with van der Waals surface area (Å²) in [5.74, 6) is 0.194. The Labute approximate surface area is 176 Å². The fourth-order valence-electron chi connectivity index (χ4n) is 3.55. The van der Waals surface area contributed by atoms with Gasteiger partial charge in [-0.15, -0.1) is 0 Å². The maximum absolute atomic E-state index is 12.2. The molecule has 0 spiro atoms. The van der Waals surface area contributed by atoms with Gasteiger partial charge < -0.3 is 4.74 Å². The maximum atomic E-state index is 12.2. The SMILES string of the molecule is CCCCCCCCC(CCCCCC)COC(=O)Cc1ccc([N+](=O)[O-])cc1. The molecule has 0 aromatic heterocycles. The Bertz CT molecular complexity index is 571. The minimum absolute atomic E-state index is 0.0354. The first-order valence-corrected chi connectivity index (χ1v) is 11.5. The number of benzene rings is 1. The number of rotatable bonds is 17. The van der Waals surface area contributed by atoms with Crippen LogP contribution in [0.2, 0.25) is 0 Å². The van der Waals surface area contributed by atoms with Crippen LogP contribution in [-0.4, -0.2) is 17.5 Å². The van der Waals surface area contributed by atoms with Gasteiger partial charge in [-0.2, -0.15) is 0 Å². The summed E-state index contributed by atoms with van der Waals surface area (Å²) in [5, 5.41) is 10.7. The van der Waals surface area contributed by atoms with Gasteiger partial charge >= 0.3 is 5.97 Å². The third-order valence-electron chi connectivity index (χ3n) is 5.41. The minimum Gasteiger partial charge on any atom is -0.465 e. The second-order valence-corrected chi connectivity index (χ2v) is 8.06. The highest BCUT2D eigenvalue weighted by molar-refractivity contribution is 5.72. The number of hydrogen-bond acceptors (Lipinski definition) is 4. The van der Waals surface area contributed by atoms with Gasteiger partial charge in [-0.05, 0) is 24.3 Å². The molecule has 0 bridgehead atoms. The number of non-ortho nitro benzene ring substituents is 1. The summed E-state index contributed by atoms with van der Waals surface area (Å²) >= 11 is 0. The number of nitro groups is 1. The van der Waals surface area contributed by atoms with Gasteiger partial charge in [0.25, 0.3) is 5.69 Å². The number of ether oxygens (including phenoxy) is 1. The fourth-order valence-corrected chi connectivity index (χ4v) is 3.55. The summed E-state index contributed by atoms with van der Waals surface area (Å²) in [6, 6.07) is 6.10. The van der Waals surface area contributed by atoms with Gasteiger partial charge in [0.1, 0.15) is 0 Å². The normalized spacial score (nSPS) is 11.9. The molecule has 0 saturated carbocycles. The average molecular weight is 406 g/mol. The summed E-state index contributed by atoms with van der Waals surface area (Å²) < 4.78 is 5.57. The van der Waals surface area contributed by atoms with Crippen LogP contribution in [0.1, 0.15) is 96.5 Å². The molecule has 164 valence electrons. The largest absolute Gasteiger partial charge is 0.465 e. The molecule has 0 aliphatic heterocycles. The molecule has 0 saturated heterocycles. The number of hydrogen-bond donors (Lipinski definition) is 0. The smallest absolute Gasteiger partial charge is 0.310 e. The van der Waals surface area contributed by atoms with E-state index in [9.17, 15) is 14.9 Å². The van der Waals surface area contributed by atoms with Crippen LogP contribution in [0.15, 0.2) is 24.3 Å². The maximum Gasteiger partial charge on any atom is 0.310 e. The molecular weight excluding hydrogens is 366 g/mol. The zero-order valence-electron chi connectivity index (χ0n) is 18.4. The zero-order valence-corrected chi connectivity index (χ0v) is 18.4. The van der Waals surface area contributed by atoms with Crippen molar-refractivity contribution in [3.8, 4) is 0 Å². The second kappa shape index (κ2) is 15.9. The summed E-state index contributed by atoms with van der Waals surface area (Å²) in [7, 11) is 0. The highest BCUT2D eigenvalue weighted by Gasteiger charge is 2.13. The number of unbranched alkanes of at least 4 members (excludes halogenated alkanes) is 8. The molecule has 1 rings (SSSR count). The fraction of sp³-hybridized carbons (Fsp3) is 0.708. The van der Waals surface area contributed by atoms with E-state index >= 15 is 0 Å². The lowest BCUT2D eigenvalue weighted by Crippen LogP contribution is -2.16. The van der Waals surface area contributed by atoms with Gasteiger partial charge in [0, 0.05) is 12.1 Å². The van der Waals surface area contributed by atoms with Gasteiger partial charge in [0.05, 0.1) is 18.0 Å². The monoisotopic (exact) mass is 405 g/mol. The van der Waals surface area contributed by atoms with E-state index in [1.54, 1.807) is 12.1 Å². The van der Waals surface area contributed by atoms with Crippen LogP contribution in [0.5, 0.6) is 0 Å². The number of nitro benzene ring substituents is 1. The molecule has 5 nitrogen and oxygen atoms in total. The van der Waals surface area contributed by atoms with E-state index in [-0.39, 0.29) is 18.1 Å². The third-order valence-corrected chi connectivity index (χ3v) is 5.41. The molecule has 1 atom stereocenters. The average Bonchev–Trinajstić information content (AvgIpc) is 2.71. The van der Waals surface area contributed by atoms with Crippen molar-refractivity contribution in [1.29, 1.82) is 0 Å². The molecule has 0 heterocycles. The first-order chi connectivity index (χ1) is 14.1. The first kappa shape index (κ1) is 25.1. The first-order valence-electron chi connectivity index (χ1n) is 11.5. The molecule has 29 heavy (non-hydrogen) atoms. The highest BCUT2D eigenvalue weighted by atomic mass is 16.6. The number of carbonyl (C=O) groups is 1. The quantitative estimate of drug-likeness (QED) is 0.121. The number of esters is 1. The van der Waals surface area contributed by atoms with E-state index in [1.165, 1.54) is 76.3 Å². The lowest BCUT2D eigenvalue weighted by Gasteiger charge is -2.17. The second-order valence-electron chi connectivity index (χ2n) is 8.06. The van der Waals surface area contributed by atoms with Crippen molar-refractivity contribution >= 4 is 11.7 Å². The van der Waals surface area contributed by atoms with Crippen LogP contribution in [0, 0.1) is 16.0 Å². The van der Waals surface area contributed by atoms with Gasteiger partial charge in [-0.3, -0.25) is 14.9 Å². The van der Waals surface area contributed by atoms with Crippen molar-refractivity contribution in [1.82, 2.24) is 0 Å². The molecule has 1 aromatic carbocycles. The Morgan fingerprint density at radius 2 is 1.41 bits per heavy atom. The Morgan fingerprint density at radius 1 is 0.897 bits per heavy atom. The number of carbonyl (C=O) groups excluding carboxylic acids is 1. The highest BCUT2D eigenvalue weighted by Crippen LogP contribution is 2.20. The Kier molecular flexibility index (Phi) is 13.8. The lowest BCUT2D eigenvalue weighted by molar-refractivity contribution is -0.384. The Morgan fingerprint density at radius 3 is 1.97 bits per heavy atom.